The van der Waals surface area contributed by atoms with Crippen molar-refractivity contribution in [3.63, 3.8) is 0 Å². The van der Waals surface area contributed by atoms with Gasteiger partial charge in [-0.05, 0) is 74.8 Å². The van der Waals surface area contributed by atoms with Gasteiger partial charge in [0.2, 0.25) is 5.91 Å². The van der Waals surface area contributed by atoms with Crippen molar-refractivity contribution in [3.8, 4) is 11.5 Å². The number of methoxy groups -OCH3 is 1. The van der Waals surface area contributed by atoms with Crippen LogP contribution in [0.3, 0.4) is 0 Å². The van der Waals surface area contributed by atoms with E-state index in [4.69, 9.17) is 14.3 Å². The molecule has 1 unspecified atom stereocenters. The van der Waals surface area contributed by atoms with Crippen LogP contribution < -0.4 is 14.8 Å². The van der Waals surface area contributed by atoms with Gasteiger partial charge in [0.25, 0.3) is 0 Å². The van der Waals surface area contributed by atoms with Crippen LogP contribution >= 0.6 is 0 Å². The molecule has 6 heteroatoms. The fourth-order valence-electron chi connectivity index (χ4n) is 4.67. The number of aryl methyl sites for hydroxylation is 2. The molecule has 172 valence electrons. The first-order valence-electron chi connectivity index (χ1n) is 11.6. The van der Waals surface area contributed by atoms with Gasteiger partial charge in [0, 0.05) is 18.2 Å². The molecule has 2 aliphatic rings. The molecule has 1 N–H and O–H groups in total. The minimum atomic E-state index is -0.0666. The molecule has 2 aromatic rings. The van der Waals surface area contributed by atoms with Gasteiger partial charge in [-0.15, -0.1) is 0 Å². The standard InChI is InChI=1S/C26H34N2O4/c1-18-7-6-8-19(2)26(18)27-25(29)17-28-16-21(13-14-31-28)20-11-12-23(30-3)24(15-20)32-22-9-4-5-10-22/h6-8,11-12,15,21-22H,4-5,9-10,13-14,16-17H2,1-3H3,(H,27,29). The molecule has 0 aromatic heterocycles. The topological polar surface area (TPSA) is 60.0 Å². The average molecular weight is 439 g/mol. The molecular weight excluding hydrogens is 404 g/mol. The molecule has 0 spiro atoms. The Labute approximate surface area is 190 Å². The van der Waals surface area contributed by atoms with Crippen molar-refractivity contribution in [2.75, 3.05) is 32.1 Å². The van der Waals surface area contributed by atoms with Gasteiger partial charge in [-0.3, -0.25) is 9.63 Å². The van der Waals surface area contributed by atoms with E-state index in [2.05, 4.69) is 17.4 Å². The second-order valence-corrected chi connectivity index (χ2v) is 8.89. The minimum absolute atomic E-state index is 0.0666. The molecule has 2 aromatic carbocycles. The molecule has 1 heterocycles. The maximum Gasteiger partial charge on any atom is 0.241 e. The van der Waals surface area contributed by atoms with Crippen molar-refractivity contribution in [3.05, 3.63) is 53.1 Å². The molecule has 4 rings (SSSR count). The third-order valence-corrected chi connectivity index (χ3v) is 6.48. The number of rotatable bonds is 7. The largest absolute Gasteiger partial charge is 0.493 e. The highest BCUT2D eigenvalue weighted by Gasteiger charge is 2.26. The van der Waals surface area contributed by atoms with Crippen LogP contribution in [-0.2, 0) is 9.63 Å². The van der Waals surface area contributed by atoms with Crippen LogP contribution in [-0.4, -0.2) is 43.9 Å². The fraction of sp³-hybridized carbons (Fsp3) is 0.500. The zero-order valence-electron chi connectivity index (χ0n) is 19.4. The number of hydrogen-bond donors (Lipinski definition) is 1. The predicted molar refractivity (Wildman–Crippen MR) is 125 cm³/mol. The second kappa shape index (κ2) is 10.4. The third-order valence-electron chi connectivity index (χ3n) is 6.48. The van der Waals surface area contributed by atoms with Gasteiger partial charge in [0.1, 0.15) is 6.54 Å². The van der Waals surface area contributed by atoms with Gasteiger partial charge in [-0.1, -0.05) is 24.3 Å². The normalized spacial score (nSPS) is 19.7. The second-order valence-electron chi connectivity index (χ2n) is 8.89. The molecule has 32 heavy (non-hydrogen) atoms. The van der Waals surface area contributed by atoms with Crippen LogP contribution in [0.15, 0.2) is 36.4 Å². The lowest BCUT2D eigenvalue weighted by atomic mass is 9.94. The van der Waals surface area contributed by atoms with Crippen LogP contribution in [0.2, 0.25) is 0 Å². The number of ether oxygens (including phenoxy) is 2. The number of para-hydroxylation sites is 1. The van der Waals surface area contributed by atoms with E-state index in [1.807, 2.05) is 38.1 Å². The molecule has 6 nitrogen and oxygen atoms in total. The Hall–Kier alpha value is -2.57. The number of hydrogen-bond acceptors (Lipinski definition) is 5. The molecule has 2 fully saturated rings. The Kier molecular flexibility index (Phi) is 7.33. The van der Waals surface area contributed by atoms with E-state index < -0.39 is 0 Å². The number of anilines is 1. The monoisotopic (exact) mass is 438 g/mol. The van der Waals surface area contributed by atoms with Crippen molar-refractivity contribution < 1.29 is 19.1 Å². The summed E-state index contributed by atoms with van der Waals surface area (Å²) in [5, 5.41) is 4.82. The number of hydroxylamine groups is 2. The lowest BCUT2D eigenvalue weighted by molar-refractivity contribution is -0.186. The molecule has 0 radical (unpaired) electrons. The zero-order valence-corrected chi connectivity index (χ0v) is 19.4. The minimum Gasteiger partial charge on any atom is -0.493 e. The summed E-state index contributed by atoms with van der Waals surface area (Å²) in [4.78, 5) is 18.5. The number of benzene rings is 2. The van der Waals surface area contributed by atoms with Gasteiger partial charge in [0.15, 0.2) is 11.5 Å². The van der Waals surface area contributed by atoms with Crippen LogP contribution in [0.25, 0.3) is 0 Å². The maximum absolute atomic E-state index is 12.7. The molecule has 0 bridgehead atoms. The Morgan fingerprint density at radius 1 is 1.09 bits per heavy atom. The lowest BCUT2D eigenvalue weighted by Gasteiger charge is -2.32. The predicted octanol–water partition coefficient (Wildman–Crippen LogP) is 4.99. The number of carbonyl (C=O) groups is 1. The Balaban J connectivity index is 1.40. The van der Waals surface area contributed by atoms with Crippen LogP contribution in [0.4, 0.5) is 5.69 Å². The van der Waals surface area contributed by atoms with Crippen molar-refractivity contribution in [1.82, 2.24) is 5.06 Å². The zero-order chi connectivity index (χ0) is 22.5. The molecule has 1 aliphatic carbocycles. The summed E-state index contributed by atoms with van der Waals surface area (Å²) in [5.41, 5.74) is 4.20. The van der Waals surface area contributed by atoms with Gasteiger partial charge < -0.3 is 14.8 Å². The van der Waals surface area contributed by atoms with Gasteiger partial charge in [0.05, 0.1) is 19.8 Å². The first-order valence-corrected chi connectivity index (χ1v) is 11.6. The maximum atomic E-state index is 12.7. The van der Waals surface area contributed by atoms with E-state index in [-0.39, 0.29) is 24.5 Å². The summed E-state index contributed by atoms with van der Waals surface area (Å²) in [6, 6.07) is 12.2. The lowest BCUT2D eigenvalue weighted by Crippen LogP contribution is -2.40. The summed E-state index contributed by atoms with van der Waals surface area (Å²) in [5.74, 6) is 1.80. The molecule has 1 atom stereocenters. The Bertz CT molecular complexity index is 919. The highest BCUT2D eigenvalue weighted by molar-refractivity contribution is 5.93. The summed E-state index contributed by atoms with van der Waals surface area (Å²) in [6.45, 7) is 5.46. The van der Waals surface area contributed by atoms with Gasteiger partial charge >= 0.3 is 0 Å². The summed E-state index contributed by atoms with van der Waals surface area (Å²) in [6.07, 6.45) is 5.85. The van der Waals surface area contributed by atoms with E-state index in [0.29, 0.717) is 13.2 Å². The van der Waals surface area contributed by atoms with E-state index in [1.54, 1.807) is 12.2 Å². The van der Waals surface area contributed by atoms with Crippen LogP contribution in [0.5, 0.6) is 11.5 Å². The quantitative estimate of drug-likeness (QED) is 0.660. The summed E-state index contributed by atoms with van der Waals surface area (Å²) in [7, 11) is 1.68. The molecular formula is C26H34N2O4. The van der Waals surface area contributed by atoms with E-state index in [0.717, 1.165) is 47.6 Å². The van der Waals surface area contributed by atoms with Crippen molar-refractivity contribution in [1.29, 1.82) is 0 Å². The van der Waals surface area contributed by atoms with Crippen molar-refractivity contribution in [2.24, 2.45) is 0 Å². The molecule has 1 amide bonds. The highest BCUT2D eigenvalue weighted by Crippen LogP contribution is 2.36. The third kappa shape index (κ3) is 5.43. The molecule has 1 saturated heterocycles. The van der Waals surface area contributed by atoms with Crippen molar-refractivity contribution in [2.45, 2.75) is 58.0 Å². The highest BCUT2D eigenvalue weighted by atomic mass is 16.7. The van der Waals surface area contributed by atoms with Crippen LogP contribution in [0.1, 0.15) is 54.7 Å². The first kappa shape index (κ1) is 22.6. The Morgan fingerprint density at radius 2 is 1.84 bits per heavy atom. The number of carbonyl (C=O) groups excluding carboxylic acids is 1. The first-order chi connectivity index (χ1) is 15.5. The Morgan fingerprint density at radius 3 is 2.56 bits per heavy atom. The smallest absolute Gasteiger partial charge is 0.241 e. The fourth-order valence-corrected chi connectivity index (χ4v) is 4.67. The van der Waals surface area contributed by atoms with E-state index >= 15 is 0 Å². The van der Waals surface area contributed by atoms with Crippen LogP contribution in [0, 0.1) is 13.8 Å². The van der Waals surface area contributed by atoms with Gasteiger partial charge in [-0.25, -0.2) is 0 Å². The number of amides is 1. The number of nitrogens with one attached hydrogen (secondary N) is 1. The molecule has 1 aliphatic heterocycles. The number of nitrogens with zero attached hydrogens (tertiary/aromatic N) is 1. The SMILES string of the molecule is COc1ccc(C2CCON(CC(=O)Nc3c(C)cccc3C)C2)cc1OC1CCCC1. The van der Waals surface area contributed by atoms with Crippen molar-refractivity contribution >= 4 is 11.6 Å². The summed E-state index contributed by atoms with van der Waals surface area (Å²) >= 11 is 0. The summed E-state index contributed by atoms with van der Waals surface area (Å²) < 4.78 is 11.8. The molecule has 1 saturated carbocycles. The average Bonchev–Trinajstić information content (AvgIpc) is 3.30. The van der Waals surface area contributed by atoms with E-state index in [1.165, 1.54) is 18.4 Å². The van der Waals surface area contributed by atoms with E-state index in [9.17, 15) is 4.79 Å². The van der Waals surface area contributed by atoms with Gasteiger partial charge in [-0.2, -0.15) is 5.06 Å².